The van der Waals surface area contributed by atoms with Crippen LogP contribution >= 0.6 is 0 Å². The minimum atomic E-state index is 0.173. The third kappa shape index (κ3) is 2.63. The van der Waals surface area contributed by atoms with Crippen LogP contribution in [0.4, 0.5) is 0 Å². The lowest BCUT2D eigenvalue weighted by atomic mass is 10.1. The number of hydrogen-bond acceptors (Lipinski definition) is 3. The highest BCUT2D eigenvalue weighted by molar-refractivity contribution is 5.22. The van der Waals surface area contributed by atoms with E-state index in [0.29, 0.717) is 6.61 Å². The molecule has 1 unspecified atom stereocenters. The van der Waals surface area contributed by atoms with E-state index in [-0.39, 0.29) is 6.10 Å². The Bertz CT molecular complexity index is 536. The maximum absolute atomic E-state index is 5.72. The van der Waals surface area contributed by atoms with Crippen molar-refractivity contribution < 1.29 is 9.47 Å². The average Bonchev–Trinajstić information content (AvgIpc) is 2.89. The average molecular weight is 258 g/mol. The van der Waals surface area contributed by atoms with Gasteiger partial charge in [-0.15, -0.1) is 0 Å². The molecular formula is C15H18N2O2. The summed E-state index contributed by atoms with van der Waals surface area (Å²) in [6, 6.07) is 11.9. The summed E-state index contributed by atoms with van der Waals surface area (Å²) in [6.45, 7) is 1.47. The van der Waals surface area contributed by atoms with Crippen molar-refractivity contribution in [3.8, 4) is 5.75 Å². The molecule has 0 aliphatic carbocycles. The number of para-hydroxylation sites is 1. The monoisotopic (exact) mass is 258 g/mol. The van der Waals surface area contributed by atoms with E-state index in [4.69, 9.17) is 9.47 Å². The molecule has 0 saturated heterocycles. The summed E-state index contributed by atoms with van der Waals surface area (Å²) in [5.41, 5.74) is 2.13. The number of aromatic nitrogens is 2. The minimum Gasteiger partial charge on any atom is -0.487 e. The lowest BCUT2D eigenvalue weighted by molar-refractivity contribution is 0.0736. The first kappa shape index (κ1) is 12.2. The molecule has 1 aromatic carbocycles. The van der Waals surface area contributed by atoms with Crippen molar-refractivity contribution in [1.82, 2.24) is 9.78 Å². The molecule has 2 heterocycles. The van der Waals surface area contributed by atoms with Gasteiger partial charge in [0, 0.05) is 13.7 Å². The van der Waals surface area contributed by atoms with Gasteiger partial charge in [-0.2, -0.15) is 5.10 Å². The van der Waals surface area contributed by atoms with Crippen molar-refractivity contribution in [3.63, 3.8) is 0 Å². The second-order valence-electron chi connectivity index (χ2n) is 4.75. The summed E-state index contributed by atoms with van der Waals surface area (Å²) in [5, 5.41) is 4.58. The third-order valence-corrected chi connectivity index (χ3v) is 3.44. The molecule has 1 aliphatic rings. The van der Waals surface area contributed by atoms with Gasteiger partial charge < -0.3 is 9.47 Å². The smallest absolute Gasteiger partial charge is 0.132 e. The fraction of sp³-hybridized carbons (Fsp3) is 0.400. The second-order valence-corrected chi connectivity index (χ2v) is 4.75. The van der Waals surface area contributed by atoms with Gasteiger partial charge in [-0.05, 0) is 31.0 Å². The van der Waals surface area contributed by atoms with Crippen LogP contribution < -0.4 is 4.74 Å². The van der Waals surface area contributed by atoms with Gasteiger partial charge in [0.25, 0.3) is 0 Å². The molecule has 19 heavy (non-hydrogen) atoms. The van der Waals surface area contributed by atoms with Crippen LogP contribution in [0.5, 0.6) is 5.75 Å². The molecule has 0 spiro atoms. The van der Waals surface area contributed by atoms with Gasteiger partial charge in [-0.1, -0.05) is 18.2 Å². The van der Waals surface area contributed by atoms with Crippen molar-refractivity contribution in [1.29, 1.82) is 0 Å². The van der Waals surface area contributed by atoms with Crippen LogP contribution in [0.2, 0.25) is 0 Å². The van der Waals surface area contributed by atoms with E-state index in [1.54, 1.807) is 7.11 Å². The van der Waals surface area contributed by atoms with Crippen molar-refractivity contribution in [2.45, 2.75) is 32.1 Å². The Labute approximate surface area is 113 Å². The third-order valence-electron chi connectivity index (χ3n) is 3.44. The Morgan fingerprint density at radius 3 is 2.95 bits per heavy atom. The topological polar surface area (TPSA) is 36.3 Å². The number of methoxy groups -OCH3 is 1. The molecule has 3 rings (SSSR count). The number of nitrogens with zero attached hydrogens (tertiary/aromatic N) is 2. The molecule has 4 nitrogen and oxygen atoms in total. The molecule has 0 fully saturated rings. The van der Waals surface area contributed by atoms with Crippen LogP contribution in [0.25, 0.3) is 0 Å². The zero-order chi connectivity index (χ0) is 13.1. The normalized spacial score (nSPS) is 18.1. The van der Waals surface area contributed by atoms with Crippen molar-refractivity contribution >= 4 is 0 Å². The van der Waals surface area contributed by atoms with E-state index in [0.717, 1.165) is 30.8 Å². The second kappa shape index (κ2) is 5.45. The fourth-order valence-corrected chi connectivity index (χ4v) is 2.48. The van der Waals surface area contributed by atoms with Crippen molar-refractivity contribution in [2.75, 3.05) is 7.11 Å². The Balaban J connectivity index is 1.71. The molecule has 4 heteroatoms. The van der Waals surface area contributed by atoms with Gasteiger partial charge in [0.15, 0.2) is 0 Å². The highest BCUT2D eigenvalue weighted by atomic mass is 16.5. The summed E-state index contributed by atoms with van der Waals surface area (Å²) >= 11 is 0. The number of aryl methyl sites for hydroxylation is 1. The molecular weight excluding hydrogens is 240 g/mol. The largest absolute Gasteiger partial charge is 0.487 e. The Hall–Kier alpha value is -1.81. The summed E-state index contributed by atoms with van der Waals surface area (Å²) < 4.78 is 13.3. The number of fused-ring (bicyclic) bond motifs is 1. The molecule has 0 amide bonds. The summed E-state index contributed by atoms with van der Waals surface area (Å²) in [5.74, 6) is 0.872. The maximum atomic E-state index is 5.72. The standard InChI is InChI=1S/C15H18N2O2/c1-18-15-8-5-9-17-14(15)10-12(16-17)11-19-13-6-3-2-4-7-13/h2-4,6-7,10,15H,5,8-9,11H2,1H3. The first-order valence-electron chi connectivity index (χ1n) is 6.64. The van der Waals surface area contributed by atoms with Crippen LogP contribution in [0.15, 0.2) is 36.4 Å². The van der Waals surface area contributed by atoms with Crippen LogP contribution in [0.3, 0.4) is 0 Å². The van der Waals surface area contributed by atoms with E-state index in [2.05, 4.69) is 11.2 Å². The van der Waals surface area contributed by atoms with Crippen molar-refractivity contribution in [2.24, 2.45) is 0 Å². The van der Waals surface area contributed by atoms with Crippen LogP contribution in [-0.4, -0.2) is 16.9 Å². The number of rotatable bonds is 4. The predicted octanol–water partition coefficient (Wildman–Crippen LogP) is 2.94. The van der Waals surface area contributed by atoms with Gasteiger partial charge in [-0.3, -0.25) is 4.68 Å². The van der Waals surface area contributed by atoms with Gasteiger partial charge in [0.05, 0.1) is 11.8 Å². The number of benzene rings is 1. The Morgan fingerprint density at radius 1 is 1.32 bits per heavy atom. The number of hydrogen-bond donors (Lipinski definition) is 0. The quantitative estimate of drug-likeness (QED) is 0.846. The lowest BCUT2D eigenvalue weighted by Crippen LogP contribution is -2.17. The van der Waals surface area contributed by atoms with E-state index < -0.39 is 0 Å². The van der Waals surface area contributed by atoms with Gasteiger partial charge >= 0.3 is 0 Å². The highest BCUT2D eigenvalue weighted by Crippen LogP contribution is 2.28. The summed E-state index contributed by atoms with van der Waals surface area (Å²) in [7, 11) is 1.76. The predicted molar refractivity (Wildman–Crippen MR) is 72.0 cm³/mol. The summed E-state index contributed by atoms with van der Waals surface area (Å²) in [6.07, 6.45) is 2.36. The lowest BCUT2D eigenvalue weighted by Gasteiger charge is -2.21. The van der Waals surface area contributed by atoms with E-state index in [9.17, 15) is 0 Å². The first-order chi connectivity index (χ1) is 9.36. The van der Waals surface area contributed by atoms with Crippen LogP contribution in [0, 0.1) is 0 Å². The van der Waals surface area contributed by atoms with Crippen LogP contribution in [0.1, 0.15) is 30.3 Å². The zero-order valence-electron chi connectivity index (χ0n) is 11.1. The van der Waals surface area contributed by atoms with Gasteiger partial charge in [-0.25, -0.2) is 0 Å². The van der Waals surface area contributed by atoms with E-state index >= 15 is 0 Å². The number of ether oxygens (including phenoxy) is 2. The van der Waals surface area contributed by atoms with Gasteiger partial charge in [0.2, 0.25) is 0 Å². The van der Waals surface area contributed by atoms with E-state index in [1.807, 2.05) is 35.0 Å². The molecule has 0 bridgehead atoms. The van der Waals surface area contributed by atoms with E-state index in [1.165, 1.54) is 5.69 Å². The minimum absolute atomic E-state index is 0.173. The summed E-state index contributed by atoms with van der Waals surface area (Å²) in [4.78, 5) is 0. The molecule has 1 aliphatic heterocycles. The van der Waals surface area contributed by atoms with Gasteiger partial charge in [0.1, 0.15) is 18.1 Å². The molecule has 0 saturated carbocycles. The SMILES string of the molecule is COC1CCCn2nc(COc3ccccc3)cc21. The van der Waals surface area contributed by atoms with Crippen molar-refractivity contribution in [3.05, 3.63) is 47.8 Å². The molecule has 0 N–H and O–H groups in total. The fourth-order valence-electron chi connectivity index (χ4n) is 2.48. The first-order valence-corrected chi connectivity index (χ1v) is 6.64. The molecule has 100 valence electrons. The molecule has 1 aromatic heterocycles. The van der Waals surface area contributed by atoms with Crippen LogP contribution in [-0.2, 0) is 17.9 Å². The molecule has 1 atom stereocenters. The zero-order valence-corrected chi connectivity index (χ0v) is 11.1. The molecule has 0 radical (unpaired) electrons. The Morgan fingerprint density at radius 2 is 2.16 bits per heavy atom. The maximum Gasteiger partial charge on any atom is 0.132 e. The molecule has 2 aromatic rings. The highest BCUT2D eigenvalue weighted by Gasteiger charge is 2.22. The Kier molecular flexibility index (Phi) is 3.51.